The molecule has 0 saturated carbocycles. The molecule has 2 aliphatic rings. The molecular weight excluding hydrogens is 518 g/mol. The van der Waals surface area contributed by atoms with Gasteiger partial charge >= 0.3 is 6.09 Å². The molecule has 0 radical (unpaired) electrons. The van der Waals surface area contributed by atoms with Crippen LogP contribution >= 0.6 is 22.9 Å². The fourth-order valence-corrected chi connectivity index (χ4v) is 5.42. The van der Waals surface area contributed by atoms with Gasteiger partial charge in [0.15, 0.2) is 0 Å². The number of aromatic nitrogens is 1. The number of likely N-dealkylation sites (tertiary alicyclic amines) is 2. The van der Waals surface area contributed by atoms with Crippen molar-refractivity contribution in [1.82, 2.24) is 25.6 Å². The maximum Gasteiger partial charge on any atom is 0.410 e. The number of nitrogens with one attached hydrogen (secondary N) is 2. The molecular formula is C25H30ClN5O5S. The fourth-order valence-electron chi connectivity index (χ4n) is 4.72. The number of thiazole rings is 1. The smallest absolute Gasteiger partial charge is 0.410 e. The molecule has 1 unspecified atom stereocenters. The molecule has 1 atom stereocenters. The Labute approximate surface area is 224 Å². The van der Waals surface area contributed by atoms with E-state index in [-0.39, 0.29) is 37.9 Å². The highest BCUT2D eigenvalue weighted by Gasteiger charge is 2.59. The van der Waals surface area contributed by atoms with Crippen molar-refractivity contribution >= 4 is 46.8 Å². The minimum atomic E-state index is -0.645. The van der Waals surface area contributed by atoms with Gasteiger partial charge in [-0.2, -0.15) is 0 Å². The summed E-state index contributed by atoms with van der Waals surface area (Å²) in [6.07, 6.45) is 1.10. The number of rotatable bonds is 4. The molecule has 2 N–H and O–H groups in total. The second-order valence-corrected chi connectivity index (χ2v) is 11.9. The summed E-state index contributed by atoms with van der Waals surface area (Å²) >= 11 is 7.27. The number of nitrogens with zero attached hydrogens (tertiary/aromatic N) is 3. The molecule has 3 heterocycles. The quantitative estimate of drug-likeness (QED) is 0.568. The lowest BCUT2D eigenvalue weighted by atomic mass is 9.71. The molecule has 4 rings (SSSR count). The zero-order valence-electron chi connectivity index (χ0n) is 21.2. The van der Waals surface area contributed by atoms with Crippen molar-refractivity contribution in [3.63, 3.8) is 0 Å². The first-order valence-corrected chi connectivity index (χ1v) is 13.1. The van der Waals surface area contributed by atoms with Crippen molar-refractivity contribution in [1.29, 1.82) is 0 Å². The van der Waals surface area contributed by atoms with Crippen LogP contribution in [-0.2, 0) is 20.7 Å². The standard InChI is InChI=1S/C25H30ClN5O5S/c1-15-7-16(5-6-18(15)26)8-20(32)28-29-21(33)17-10-30(22(34)19-9-27-14-37-19)11-25(17)12-31(13-25)23(35)36-24(2,3)4/h5-7,9,14,17H,8,10-13H2,1-4H3,(H,28,32)(H,29,33). The summed E-state index contributed by atoms with van der Waals surface area (Å²) < 4.78 is 5.46. The highest BCUT2D eigenvalue weighted by atomic mass is 35.5. The second-order valence-electron chi connectivity index (χ2n) is 10.6. The van der Waals surface area contributed by atoms with Crippen molar-refractivity contribution in [2.45, 2.75) is 39.7 Å². The van der Waals surface area contributed by atoms with E-state index in [2.05, 4.69) is 15.8 Å². The van der Waals surface area contributed by atoms with E-state index in [9.17, 15) is 19.2 Å². The van der Waals surface area contributed by atoms with Gasteiger partial charge in [-0.05, 0) is 44.9 Å². The number of ether oxygens (including phenoxy) is 1. The number of halogens is 1. The molecule has 1 spiro atoms. The Morgan fingerprint density at radius 3 is 2.49 bits per heavy atom. The maximum absolute atomic E-state index is 13.2. The van der Waals surface area contributed by atoms with Crippen molar-refractivity contribution in [2.24, 2.45) is 11.3 Å². The number of benzene rings is 1. The molecule has 12 heteroatoms. The van der Waals surface area contributed by atoms with Gasteiger partial charge in [0.05, 0.1) is 24.0 Å². The summed E-state index contributed by atoms with van der Waals surface area (Å²) in [5, 5.41) is 0.613. The highest BCUT2D eigenvalue weighted by molar-refractivity contribution is 7.11. The summed E-state index contributed by atoms with van der Waals surface area (Å²) in [5.41, 5.74) is 6.91. The molecule has 2 aromatic rings. The van der Waals surface area contributed by atoms with Crippen LogP contribution in [0.1, 0.15) is 41.6 Å². The summed E-state index contributed by atoms with van der Waals surface area (Å²) in [5.74, 6) is -1.64. The van der Waals surface area contributed by atoms with Crippen LogP contribution in [0.15, 0.2) is 29.9 Å². The van der Waals surface area contributed by atoms with E-state index in [0.717, 1.165) is 11.1 Å². The summed E-state index contributed by atoms with van der Waals surface area (Å²) in [6.45, 7) is 8.22. The molecule has 10 nitrogen and oxygen atoms in total. The lowest BCUT2D eigenvalue weighted by Gasteiger charge is -2.49. The Kier molecular flexibility index (Phi) is 7.48. The van der Waals surface area contributed by atoms with Crippen molar-refractivity contribution in [2.75, 3.05) is 26.2 Å². The van der Waals surface area contributed by atoms with Gasteiger partial charge in [-0.3, -0.25) is 30.2 Å². The van der Waals surface area contributed by atoms with Crippen LogP contribution in [-0.4, -0.2) is 70.4 Å². The Bertz CT molecular complexity index is 1210. The maximum atomic E-state index is 13.2. The fraction of sp³-hybridized carbons (Fsp3) is 0.480. The third-order valence-electron chi connectivity index (χ3n) is 6.47. The molecule has 2 saturated heterocycles. The Balaban J connectivity index is 1.42. The van der Waals surface area contributed by atoms with Crippen LogP contribution in [0.3, 0.4) is 0 Å². The molecule has 37 heavy (non-hydrogen) atoms. The largest absolute Gasteiger partial charge is 0.444 e. The zero-order valence-corrected chi connectivity index (χ0v) is 22.7. The van der Waals surface area contributed by atoms with Gasteiger partial charge in [0.2, 0.25) is 11.8 Å². The minimum Gasteiger partial charge on any atom is -0.444 e. The topological polar surface area (TPSA) is 121 Å². The average molecular weight is 548 g/mol. The van der Waals surface area contributed by atoms with E-state index in [0.29, 0.717) is 16.4 Å². The van der Waals surface area contributed by atoms with Gasteiger partial charge in [-0.25, -0.2) is 4.79 Å². The van der Waals surface area contributed by atoms with Gasteiger partial charge in [0.25, 0.3) is 5.91 Å². The van der Waals surface area contributed by atoms with Crippen LogP contribution in [0.2, 0.25) is 5.02 Å². The third kappa shape index (κ3) is 6.04. The van der Waals surface area contributed by atoms with Crippen LogP contribution in [0.25, 0.3) is 0 Å². The van der Waals surface area contributed by atoms with Crippen LogP contribution < -0.4 is 10.9 Å². The SMILES string of the molecule is Cc1cc(CC(=O)NNC(=O)C2CN(C(=O)c3cncs3)CC23CN(C(=O)OC(C)(C)C)C3)ccc1Cl. The summed E-state index contributed by atoms with van der Waals surface area (Å²) in [4.78, 5) is 58.9. The van der Waals surface area contributed by atoms with Crippen molar-refractivity contribution < 1.29 is 23.9 Å². The first kappa shape index (κ1) is 26.9. The Hall–Kier alpha value is -3.18. The van der Waals surface area contributed by atoms with E-state index in [4.69, 9.17) is 16.3 Å². The van der Waals surface area contributed by atoms with E-state index in [1.54, 1.807) is 43.3 Å². The molecule has 0 aliphatic carbocycles. The molecule has 2 fully saturated rings. The number of hydrazine groups is 1. The highest BCUT2D eigenvalue weighted by Crippen LogP contribution is 2.45. The predicted octanol–water partition coefficient (Wildman–Crippen LogP) is 2.80. The van der Waals surface area contributed by atoms with Crippen molar-refractivity contribution in [3.8, 4) is 0 Å². The van der Waals surface area contributed by atoms with Crippen LogP contribution in [0, 0.1) is 18.3 Å². The Morgan fingerprint density at radius 1 is 1.16 bits per heavy atom. The number of hydrogen-bond acceptors (Lipinski definition) is 7. The minimum absolute atomic E-state index is 0.0660. The lowest BCUT2D eigenvalue weighted by Crippen LogP contribution is -2.65. The van der Waals surface area contributed by atoms with Gasteiger partial charge in [-0.1, -0.05) is 23.7 Å². The monoisotopic (exact) mass is 547 g/mol. The number of carbonyl (C=O) groups excluding carboxylic acids is 4. The van der Waals surface area contributed by atoms with E-state index >= 15 is 0 Å². The molecule has 1 aromatic heterocycles. The van der Waals surface area contributed by atoms with E-state index in [1.807, 2.05) is 13.0 Å². The first-order valence-electron chi connectivity index (χ1n) is 11.9. The molecule has 0 bridgehead atoms. The molecule has 1 aromatic carbocycles. The summed E-state index contributed by atoms with van der Waals surface area (Å²) in [6, 6.07) is 5.30. The van der Waals surface area contributed by atoms with Gasteiger partial charge in [0, 0.05) is 36.6 Å². The van der Waals surface area contributed by atoms with Crippen LogP contribution in [0.4, 0.5) is 4.79 Å². The van der Waals surface area contributed by atoms with Gasteiger partial charge in [-0.15, -0.1) is 11.3 Å². The number of amides is 4. The third-order valence-corrected chi connectivity index (χ3v) is 7.66. The zero-order chi connectivity index (χ0) is 27.0. The molecule has 4 amide bonds. The first-order chi connectivity index (χ1) is 17.4. The van der Waals surface area contributed by atoms with E-state index < -0.39 is 28.9 Å². The number of hydrogen-bond donors (Lipinski definition) is 2. The average Bonchev–Trinajstić information content (AvgIpc) is 3.46. The van der Waals surface area contributed by atoms with Crippen molar-refractivity contribution in [3.05, 3.63) is 50.9 Å². The second kappa shape index (κ2) is 10.3. The predicted molar refractivity (Wildman–Crippen MR) is 138 cm³/mol. The van der Waals surface area contributed by atoms with Gasteiger partial charge < -0.3 is 14.5 Å². The van der Waals surface area contributed by atoms with Crippen LogP contribution in [0.5, 0.6) is 0 Å². The molecule has 198 valence electrons. The number of aryl methyl sites for hydroxylation is 1. The summed E-state index contributed by atoms with van der Waals surface area (Å²) in [7, 11) is 0. The van der Waals surface area contributed by atoms with Gasteiger partial charge in [0.1, 0.15) is 10.5 Å². The normalized spacial score (nSPS) is 18.4. The Morgan fingerprint density at radius 2 is 1.86 bits per heavy atom. The lowest BCUT2D eigenvalue weighted by molar-refractivity contribution is -0.136. The van der Waals surface area contributed by atoms with E-state index in [1.165, 1.54) is 22.4 Å². The molecule has 2 aliphatic heterocycles. The number of carbonyl (C=O) groups is 4.